The standard InChI is InChI=1S/C26H26ClF4N7/c27-18-1-3-21-16(5-18)9-36(20-10-35(11-20)15-26(29,30)31)12-23-33-34-24(38(21)23)17-6-25(7-17)13-37(14-25)22-4-2-19(28)8-32-22/h1-5,8,17,20H,6-7,9-15H2. The molecule has 7 rings (SSSR count). The average Bonchev–Trinajstić information content (AvgIpc) is 3.10. The molecular formula is C26H26ClF4N7. The van der Waals surface area contributed by atoms with Gasteiger partial charge >= 0.3 is 6.18 Å². The topological polar surface area (TPSA) is 53.3 Å². The summed E-state index contributed by atoms with van der Waals surface area (Å²) in [5.74, 6) is 2.47. The summed E-state index contributed by atoms with van der Waals surface area (Å²) in [4.78, 5) is 10.0. The molecule has 0 unspecified atom stereocenters. The van der Waals surface area contributed by atoms with Crippen LogP contribution < -0.4 is 4.90 Å². The fourth-order valence-electron chi connectivity index (χ4n) is 6.64. The summed E-state index contributed by atoms with van der Waals surface area (Å²) in [5.41, 5.74) is 2.23. The van der Waals surface area contributed by atoms with Gasteiger partial charge in [0, 0.05) is 55.1 Å². The highest BCUT2D eigenvalue weighted by Crippen LogP contribution is 2.56. The molecule has 200 valence electrons. The molecule has 2 saturated heterocycles. The number of anilines is 1. The Kier molecular flexibility index (Phi) is 5.51. The molecule has 0 bridgehead atoms. The summed E-state index contributed by atoms with van der Waals surface area (Å²) in [6.07, 6.45) is -0.957. The van der Waals surface area contributed by atoms with Gasteiger partial charge in [0.25, 0.3) is 0 Å². The Labute approximate surface area is 222 Å². The van der Waals surface area contributed by atoms with Crippen molar-refractivity contribution < 1.29 is 17.6 Å². The van der Waals surface area contributed by atoms with Crippen molar-refractivity contribution in [3.8, 4) is 5.69 Å². The minimum absolute atomic E-state index is 0.0175. The molecular weight excluding hydrogens is 522 g/mol. The lowest BCUT2D eigenvalue weighted by atomic mass is 9.57. The first-order chi connectivity index (χ1) is 18.1. The normalized spacial score (nSPS) is 21.9. The van der Waals surface area contributed by atoms with E-state index in [0.717, 1.165) is 54.6 Å². The van der Waals surface area contributed by atoms with Gasteiger partial charge in [-0.25, -0.2) is 9.37 Å². The number of fused-ring (bicyclic) bond motifs is 3. The quantitative estimate of drug-likeness (QED) is 0.451. The Morgan fingerprint density at radius 2 is 1.82 bits per heavy atom. The van der Waals surface area contributed by atoms with Gasteiger partial charge in [-0.1, -0.05) is 11.6 Å². The van der Waals surface area contributed by atoms with Gasteiger partial charge in [0.05, 0.1) is 25.0 Å². The van der Waals surface area contributed by atoms with Crippen molar-refractivity contribution in [3.63, 3.8) is 0 Å². The van der Waals surface area contributed by atoms with Crippen LogP contribution in [0.25, 0.3) is 5.69 Å². The van der Waals surface area contributed by atoms with Crippen molar-refractivity contribution in [2.24, 2.45) is 5.41 Å². The van der Waals surface area contributed by atoms with E-state index in [1.165, 1.54) is 17.2 Å². The Hall–Kier alpha value is -2.76. The van der Waals surface area contributed by atoms with Crippen LogP contribution in [-0.2, 0) is 13.1 Å². The third-order valence-electron chi connectivity index (χ3n) is 8.42. The minimum atomic E-state index is -4.19. The molecule has 12 heteroatoms. The Bertz CT molecular complexity index is 1350. The van der Waals surface area contributed by atoms with Gasteiger partial charge in [0.1, 0.15) is 17.5 Å². The number of hydrogen-bond acceptors (Lipinski definition) is 6. The van der Waals surface area contributed by atoms with Crippen LogP contribution in [0.15, 0.2) is 36.5 Å². The van der Waals surface area contributed by atoms with Crippen LogP contribution in [0.4, 0.5) is 23.4 Å². The van der Waals surface area contributed by atoms with Crippen LogP contribution in [0.5, 0.6) is 0 Å². The number of nitrogens with zero attached hydrogens (tertiary/aromatic N) is 7. The third kappa shape index (κ3) is 4.24. The number of rotatable bonds is 4. The summed E-state index contributed by atoms with van der Waals surface area (Å²) in [7, 11) is 0. The zero-order valence-electron chi connectivity index (χ0n) is 20.5. The molecule has 3 aromatic rings. The second-order valence-corrected chi connectivity index (χ2v) is 11.7. The number of alkyl halides is 3. The number of benzene rings is 1. The molecule has 38 heavy (non-hydrogen) atoms. The highest BCUT2D eigenvalue weighted by Gasteiger charge is 2.54. The van der Waals surface area contributed by atoms with E-state index in [1.807, 2.05) is 18.2 Å². The van der Waals surface area contributed by atoms with E-state index >= 15 is 0 Å². The summed E-state index contributed by atoms with van der Waals surface area (Å²) >= 11 is 6.36. The molecule has 1 aliphatic carbocycles. The smallest absolute Gasteiger partial charge is 0.355 e. The van der Waals surface area contributed by atoms with Gasteiger partial charge in [0.2, 0.25) is 0 Å². The lowest BCUT2D eigenvalue weighted by Gasteiger charge is -2.59. The van der Waals surface area contributed by atoms with Crippen LogP contribution >= 0.6 is 11.6 Å². The molecule has 1 aromatic carbocycles. The largest absolute Gasteiger partial charge is 0.401 e. The zero-order valence-corrected chi connectivity index (χ0v) is 21.3. The molecule has 0 atom stereocenters. The molecule has 2 aromatic heterocycles. The van der Waals surface area contributed by atoms with E-state index in [1.54, 1.807) is 6.07 Å². The van der Waals surface area contributed by atoms with Gasteiger partial charge in [-0.2, -0.15) is 13.2 Å². The monoisotopic (exact) mass is 547 g/mol. The summed E-state index contributed by atoms with van der Waals surface area (Å²) in [6.45, 7) is 2.77. The van der Waals surface area contributed by atoms with Crippen molar-refractivity contribution >= 4 is 17.4 Å². The predicted octanol–water partition coefficient (Wildman–Crippen LogP) is 4.40. The first-order valence-corrected chi connectivity index (χ1v) is 13.2. The molecule has 1 spiro atoms. The fraction of sp³-hybridized carbons (Fsp3) is 0.500. The van der Waals surface area contributed by atoms with E-state index in [4.69, 9.17) is 11.6 Å². The Morgan fingerprint density at radius 1 is 1.03 bits per heavy atom. The van der Waals surface area contributed by atoms with E-state index in [0.29, 0.717) is 31.2 Å². The second-order valence-electron chi connectivity index (χ2n) is 11.2. The molecule has 4 aliphatic rings. The number of likely N-dealkylation sites (tertiary alicyclic amines) is 1. The van der Waals surface area contributed by atoms with Crippen LogP contribution in [0.3, 0.4) is 0 Å². The van der Waals surface area contributed by atoms with Crippen molar-refractivity contribution in [2.45, 2.75) is 44.1 Å². The molecule has 3 aliphatic heterocycles. The first kappa shape index (κ1) is 24.3. The number of aromatic nitrogens is 4. The van der Waals surface area contributed by atoms with E-state index < -0.39 is 12.7 Å². The third-order valence-corrected chi connectivity index (χ3v) is 8.66. The van der Waals surface area contributed by atoms with Gasteiger partial charge < -0.3 is 4.90 Å². The van der Waals surface area contributed by atoms with E-state index in [9.17, 15) is 17.6 Å². The number of pyridine rings is 1. The highest BCUT2D eigenvalue weighted by molar-refractivity contribution is 6.30. The predicted molar refractivity (Wildman–Crippen MR) is 133 cm³/mol. The number of hydrogen-bond donors (Lipinski definition) is 0. The van der Waals surface area contributed by atoms with Crippen molar-refractivity contribution in [2.75, 3.05) is 37.6 Å². The molecule has 3 fully saturated rings. The van der Waals surface area contributed by atoms with Gasteiger partial charge in [0.15, 0.2) is 5.82 Å². The summed E-state index contributed by atoms with van der Waals surface area (Å²) in [6, 6.07) is 8.97. The highest BCUT2D eigenvalue weighted by atomic mass is 35.5. The Morgan fingerprint density at radius 3 is 2.53 bits per heavy atom. The van der Waals surface area contributed by atoms with Crippen LogP contribution in [0.1, 0.15) is 36.0 Å². The first-order valence-electron chi connectivity index (χ1n) is 12.8. The fourth-order valence-corrected chi connectivity index (χ4v) is 6.83. The molecule has 0 radical (unpaired) electrons. The minimum Gasteiger partial charge on any atom is -0.355 e. The maximum absolute atomic E-state index is 13.2. The van der Waals surface area contributed by atoms with Crippen LogP contribution in [0.2, 0.25) is 5.02 Å². The summed E-state index contributed by atoms with van der Waals surface area (Å²) < 4.78 is 53.8. The van der Waals surface area contributed by atoms with Crippen molar-refractivity contribution in [3.05, 3.63) is 64.6 Å². The summed E-state index contributed by atoms with van der Waals surface area (Å²) in [5, 5.41) is 9.81. The van der Waals surface area contributed by atoms with Gasteiger partial charge in [-0.3, -0.25) is 14.4 Å². The van der Waals surface area contributed by atoms with E-state index in [-0.39, 0.29) is 23.2 Å². The maximum Gasteiger partial charge on any atom is 0.401 e. The molecule has 1 saturated carbocycles. The lowest BCUT2D eigenvalue weighted by Crippen LogP contribution is -2.62. The van der Waals surface area contributed by atoms with Gasteiger partial charge in [-0.15, -0.1) is 10.2 Å². The number of halogens is 5. The second kappa shape index (κ2) is 8.62. The van der Waals surface area contributed by atoms with Crippen molar-refractivity contribution in [1.82, 2.24) is 29.5 Å². The maximum atomic E-state index is 13.2. The average molecular weight is 548 g/mol. The molecule has 5 heterocycles. The van der Waals surface area contributed by atoms with Crippen LogP contribution in [0, 0.1) is 11.2 Å². The zero-order chi connectivity index (χ0) is 26.2. The molecule has 0 amide bonds. The van der Waals surface area contributed by atoms with E-state index in [2.05, 4.69) is 29.5 Å². The van der Waals surface area contributed by atoms with Gasteiger partial charge in [-0.05, 0) is 48.7 Å². The molecule has 0 N–H and O–H groups in total. The molecule has 7 nitrogen and oxygen atoms in total. The SMILES string of the molecule is Fc1ccc(N2CC3(CC(c4nnc5n4-c4ccc(Cl)cc4CN(C4CN(CC(F)(F)F)C4)C5)C3)C2)nc1. The van der Waals surface area contributed by atoms with Crippen molar-refractivity contribution in [1.29, 1.82) is 0 Å². The van der Waals surface area contributed by atoms with Crippen LogP contribution in [-0.4, -0.2) is 74.5 Å². The lowest BCUT2D eigenvalue weighted by molar-refractivity contribution is -0.161. The Balaban J connectivity index is 1.09.